The van der Waals surface area contributed by atoms with Crippen molar-refractivity contribution in [2.45, 2.75) is 55.2 Å². The van der Waals surface area contributed by atoms with Crippen molar-refractivity contribution in [1.82, 2.24) is 5.32 Å². The van der Waals surface area contributed by atoms with Crippen LogP contribution < -0.4 is 10.1 Å². The van der Waals surface area contributed by atoms with Crippen LogP contribution in [0.4, 0.5) is 0 Å². The summed E-state index contributed by atoms with van der Waals surface area (Å²) >= 11 is 0. The van der Waals surface area contributed by atoms with Crippen LogP contribution in [0.3, 0.4) is 0 Å². The highest BCUT2D eigenvalue weighted by molar-refractivity contribution is 7.96. The summed E-state index contributed by atoms with van der Waals surface area (Å²) < 4.78 is 56.0. The molecule has 0 bridgehead atoms. The normalized spacial score (nSPS) is 24.7. The van der Waals surface area contributed by atoms with Gasteiger partial charge in [-0.15, -0.1) is 0 Å². The van der Waals surface area contributed by atoms with Crippen LogP contribution in [0.5, 0.6) is 5.75 Å². The van der Waals surface area contributed by atoms with Gasteiger partial charge in [-0.1, -0.05) is 11.6 Å². The molecule has 0 radical (unpaired) electrons. The van der Waals surface area contributed by atoms with Crippen LogP contribution >= 0.6 is 0 Å². The summed E-state index contributed by atoms with van der Waals surface area (Å²) in [7, 11) is -5.64. The fourth-order valence-electron chi connectivity index (χ4n) is 4.06. The summed E-state index contributed by atoms with van der Waals surface area (Å²) in [6.07, 6.45) is 7.69. The van der Waals surface area contributed by atoms with E-state index in [1.165, 1.54) is 31.6 Å². The fourth-order valence-corrected chi connectivity index (χ4v) is 8.86. The van der Waals surface area contributed by atoms with Gasteiger partial charge in [-0.2, -0.15) is 0 Å². The minimum absolute atomic E-state index is 0.134. The highest BCUT2D eigenvalue weighted by atomic mass is 32.2. The molecule has 6 nitrogen and oxygen atoms in total. The monoisotopic (exact) mass is 427 g/mol. The van der Waals surface area contributed by atoms with E-state index in [1.807, 2.05) is 0 Å². The number of ether oxygens (including phenoxy) is 1. The van der Waals surface area contributed by atoms with Crippen molar-refractivity contribution in [1.29, 1.82) is 0 Å². The summed E-state index contributed by atoms with van der Waals surface area (Å²) in [6.45, 7) is 2.37. The number of aryl methyl sites for hydroxylation is 1. The molecule has 1 saturated heterocycles. The summed E-state index contributed by atoms with van der Waals surface area (Å²) in [5.74, 6) is 0.139. The van der Waals surface area contributed by atoms with Crippen molar-refractivity contribution < 1.29 is 21.6 Å². The quantitative estimate of drug-likeness (QED) is 0.672. The third-order valence-corrected chi connectivity index (χ3v) is 9.78. The second-order valence-electron chi connectivity index (χ2n) is 7.71. The minimum Gasteiger partial charge on any atom is -0.496 e. The van der Waals surface area contributed by atoms with Gasteiger partial charge < -0.3 is 10.1 Å². The SMILES string of the molecule is COc1ccc(S(=O)(=O)[C@@H]2CS(=O)(=O)C[C@H]2NCCC2=CCCCC2)cc1C. The molecule has 0 amide bonds. The third-order valence-electron chi connectivity index (χ3n) is 5.63. The van der Waals surface area contributed by atoms with E-state index in [9.17, 15) is 16.8 Å². The molecule has 0 saturated carbocycles. The number of hydrogen-bond acceptors (Lipinski definition) is 6. The Balaban J connectivity index is 1.76. The standard InChI is InChI=1S/C20H29NO5S2/c1-15-12-17(8-9-19(15)26-2)28(24,25)20-14-27(22,23)13-18(20)21-11-10-16-6-4-3-5-7-16/h6,8-9,12,18,20-21H,3-5,7,10-11,13-14H2,1-2H3/t18-,20-/m1/s1. The van der Waals surface area contributed by atoms with Crippen LogP contribution in [-0.4, -0.2) is 53.3 Å². The lowest BCUT2D eigenvalue weighted by Gasteiger charge is -2.21. The lowest BCUT2D eigenvalue weighted by molar-refractivity contribution is 0.411. The fraction of sp³-hybridized carbons (Fsp3) is 0.600. The van der Waals surface area contributed by atoms with Crippen molar-refractivity contribution in [3.05, 3.63) is 35.4 Å². The molecular weight excluding hydrogens is 398 g/mol. The zero-order valence-corrected chi connectivity index (χ0v) is 18.1. The molecule has 1 N–H and O–H groups in total. The Morgan fingerprint density at radius 2 is 2.00 bits per heavy atom. The smallest absolute Gasteiger partial charge is 0.183 e. The van der Waals surface area contributed by atoms with Crippen molar-refractivity contribution in [2.24, 2.45) is 0 Å². The summed E-state index contributed by atoms with van der Waals surface area (Å²) in [6, 6.07) is 4.09. The average Bonchev–Trinajstić information content (AvgIpc) is 2.98. The molecule has 0 unspecified atom stereocenters. The molecule has 156 valence electrons. The highest BCUT2D eigenvalue weighted by Gasteiger charge is 2.45. The predicted octanol–water partition coefficient (Wildman–Crippen LogP) is 2.42. The first-order valence-electron chi connectivity index (χ1n) is 9.73. The Morgan fingerprint density at radius 1 is 1.21 bits per heavy atom. The molecule has 2 atom stereocenters. The molecule has 8 heteroatoms. The van der Waals surface area contributed by atoms with E-state index in [-0.39, 0.29) is 16.4 Å². The van der Waals surface area contributed by atoms with Crippen LogP contribution in [0.15, 0.2) is 34.7 Å². The van der Waals surface area contributed by atoms with Crippen LogP contribution in [0.25, 0.3) is 0 Å². The minimum atomic E-state index is -3.77. The molecule has 2 aliphatic rings. The number of allylic oxidation sites excluding steroid dienone is 1. The second-order valence-corrected chi connectivity index (χ2v) is 12.0. The van der Waals surface area contributed by atoms with Gasteiger partial charge in [0.15, 0.2) is 19.7 Å². The Hall–Kier alpha value is -1.38. The largest absolute Gasteiger partial charge is 0.496 e. The number of rotatable bonds is 7. The zero-order chi connectivity index (χ0) is 20.4. The Morgan fingerprint density at radius 3 is 2.64 bits per heavy atom. The Kier molecular flexibility index (Phi) is 6.51. The molecule has 1 fully saturated rings. The predicted molar refractivity (Wildman–Crippen MR) is 110 cm³/mol. The highest BCUT2D eigenvalue weighted by Crippen LogP contribution is 2.29. The van der Waals surface area contributed by atoms with Gasteiger partial charge in [0.05, 0.1) is 28.8 Å². The van der Waals surface area contributed by atoms with Gasteiger partial charge in [0.2, 0.25) is 0 Å². The van der Waals surface area contributed by atoms with Crippen LogP contribution in [0, 0.1) is 6.92 Å². The maximum absolute atomic E-state index is 13.2. The molecule has 0 aromatic heterocycles. The van der Waals surface area contributed by atoms with E-state index >= 15 is 0 Å². The molecule has 28 heavy (non-hydrogen) atoms. The van der Waals surface area contributed by atoms with E-state index in [1.54, 1.807) is 19.1 Å². The summed E-state index contributed by atoms with van der Waals surface area (Å²) in [5.41, 5.74) is 2.09. The van der Waals surface area contributed by atoms with Crippen LogP contribution in [0.2, 0.25) is 0 Å². The molecule has 1 aliphatic heterocycles. The number of sulfone groups is 2. The van der Waals surface area contributed by atoms with Gasteiger partial charge in [-0.05, 0) is 69.3 Å². The van der Waals surface area contributed by atoms with Crippen molar-refractivity contribution in [3.8, 4) is 5.75 Å². The average molecular weight is 428 g/mol. The first-order valence-corrected chi connectivity index (χ1v) is 13.1. The molecule has 1 heterocycles. The molecule has 0 spiro atoms. The molecule has 1 aromatic rings. The second kappa shape index (κ2) is 8.55. The molecule has 1 aliphatic carbocycles. The van der Waals surface area contributed by atoms with Crippen LogP contribution in [-0.2, 0) is 19.7 Å². The number of hydrogen-bond donors (Lipinski definition) is 1. The molecule has 3 rings (SSSR count). The van der Waals surface area contributed by atoms with Gasteiger partial charge in [-0.3, -0.25) is 0 Å². The van der Waals surface area contributed by atoms with E-state index < -0.39 is 31.0 Å². The van der Waals surface area contributed by atoms with Crippen molar-refractivity contribution >= 4 is 19.7 Å². The third kappa shape index (κ3) is 4.78. The van der Waals surface area contributed by atoms with E-state index in [4.69, 9.17) is 4.74 Å². The summed E-state index contributed by atoms with van der Waals surface area (Å²) in [5, 5.41) is 2.26. The van der Waals surface area contributed by atoms with Gasteiger partial charge in [0, 0.05) is 6.04 Å². The lowest BCUT2D eigenvalue weighted by Crippen LogP contribution is -2.43. The van der Waals surface area contributed by atoms with E-state index in [0.29, 0.717) is 17.9 Å². The first-order chi connectivity index (χ1) is 13.2. The maximum Gasteiger partial charge on any atom is 0.183 e. The topological polar surface area (TPSA) is 89.5 Å². The number of methoxy groups -OCH3 is 1. The zero-order valence-electron chi connectivity index (χ0n) is 16.5. The van der Waals surface area contributed by atoms with Crippen molar-refractivity contribution in [3.63, 3.8) is 0 Å². The first kappa shape index (κ1) is 21.3. The van der Waals surface area contributed by atoms with Gasteiger partial charge in [-0.25, -0.2) is 16.8 Å². The molecular formula is C20H29NO5S2. The summed E-state index contributed by atoms with van der Waals surface area (Å²) in [4.78, 5) is 0.148. The van der Waals surface area contributed by atoms with Crippen LogP contribution in [0.1, 0.15) is 37.7 Å². The van der Waals surface area contributed by atoms with Gasteiger partial charge in [0.25, 0.3) is 0 Å². The van der Waals surface area contributed by atoms with Gasteiger partial charge in [0.1, 0.15) is 5.75 Å². The molecule has 1 aromatic carbocycles. The number of benzene rings is 1. The number of nitrogens with one attached hydrogen (secondary N) is 1. The maximum atomic E-state index is 13.2. The van der Waals surface area contributed by atoms with Crippen molar-refractivity contribution in [2.75, 3.05) is 25.2 Å². The Labute approximate surface area is 168 Å². The van der Waals surface area contributed by atoms with Gasteiger partial charge >= 0.3 is 0 Å². The Bertz CT molecular complexity index is 951. The van der Waals surface area contributed by atoms with E-state index in [0.717, 1.165) is 19.3 Å². The van der Waals surface area contributed by atoms with E-state index in [2.05, 4.69) is 11.4 Å². The lowest BCUT2D eigenvalue weighted by atomic mass is 9.97.